The van der Waals surface area contributed by atoms with Gasteiger partial charge in [-0.15, -0.1) is 0 Å². The van der Waals surface area contributed by atoms with E-state index in [9.17, 15) is 4.79 Å². The zero-order valence-electron chi connectivity index (χ0n) is 15.5. The van der Waals surface area contributed by atoms with Crippen molar-refractivity contribution in [3.63, 3.8) is 0 Å². The molecule has 1 aliphatic rings. The standard InChI is InChI=1S/C20H22N4O3/c1-14-7-9-15(10-8-14)26-13-18-21-19(22-27-18)16-5-4-12-24(16)20(25)17-6-3-11-23(17)2/h3,6-11,16H,4-5,12-13H2,1-2H3. The maximum atomic E-state index is 12.9. The highest BCUT2D eigenvalue weighted by Crippen LogP contribution is 2.31. The molecule has 0 N–H and O–H groups in total. The molecule has 0 saturated carbocycles. The molecular formula is C20H22N4O3. The Morgan fingerprint density at radius 3 is 2.85 bits per heavy atom. The maximum absolute atomic E-state index is 12.9. The number of benzene rings is 1. The number of rotatable bonds is 5. The minimum atomic E-state index is -0.163. The van der Waals surface area contributed by atoms with Crippen molar-refractivity contribution in [1.29, 1.82) is 0 Å². The van der Waals surface area contributed by atoms with Crippen LogP contribution in [0.25, 0.3) is 0 Å². The van der Waals surface area contributed by atoms with Crippen molar-refractivity contribution in [2.75, 3.05) is 6.54 Å². The molecule has 140 valence electrons. The van der Waals surface area contributed by atoms with Crippen molar-refractivity contribution < 1.29 is 14.1 Å². The van der Waals surface area contributed by atoms with E-state index in [2.05, 4.69) is 10.1 Å². The third-order valence-corrected chi connectivity index (χ3v) is 4.84. The highest BCUT2D eigenvalue weighted by molar-refractivity contribution is 5.93. The van der Waals surface area contributed by atoms with Crippen LogP contribution in [-0.2, 0) is 13.7 Å². The molecule has 3 aromatic rings. The number of aromatic nitrogens is 3. The summed E-state index contributed by atoms with van der Waals surface area (Å²) < 4.78 is 12.9. The van der Waals surface area contributed by atoms with E-state index < -0.39 is 0 Å². The predicted molar refractivity (Wildman–Crippen MR) is 98.2 cm³/mol. The second kappa shape index (κ2) is 7.26. The molecule has 1 fully saturated rings. The van der Waals surface area contributed by atoms with E-state index in [4.69, 9.17) is 9.26 Å². The maximum Gasteiger partial charge on any atom is 0.271 e. The van der Waals surface area contributed by atoms with Crippen molar-refractivity contribution in [3.05, 3.63) is 65.6 Å². The van der Waals surface area contributed by atoms with Gasteiger partial charge in [-0.25, -0.2) is 0 Å². The summed E-state index contributed by atoms with van der Waals surface area (Å²) in [5, 5.41) is 4.09. The molecule has 1 saturated heterocycles. The van der Waals surface area contributed by atoms with Gasteiger partial charge in [-0.2, -0.15) is 4.98 Å². The number of amides is 1. The Hall–Kier alpha value is -3.09. The van der Waals surface area contributed by atoms with Crippen LogP contribution in [0.3, 0.4) is 0 Å². The SMILES string of the molecule is Cc1ccc(OCc2nc(C3CCCN3C(=O)c3cccn3C)no2)cc1. The molecule has 27 heavy (non-hydrogen) atoms. The zero-order valence-corrected chi connectivity index (χ0v) is 15.5. The van der Waals surface area contributed by atoms with Gasteiger partial charge in [0.1, 0.15) is 11.4 Å². The van der Waals surface area contributed by atoms with Gasteiger partial charge in [0.15, 0.2) is 12.4 Å². The molecule has 1 atom stereocenters. The molecule has 3 heterocycles. The van der Waals surface area contributed by atoms with Gasteiger partial charge in [-0.1, -0.05) is 22.9 Å². The lowest BCUT2D eigenvalue weighted by Gasteiger charge is -2.22. The van der Waals surface area contributed by atoms with Crippen LogP contribution in [0, 0.1) is 6.92 Å². The van der Waals surface area contributed by atoms with Crippen molar-refractivity contribution in [2.24, 2.45) is 7.05 Å². The smallest absolute Gasteiger partial charge is 0.271 e. The fourth-order valence-corrected chi connectivity index (χ4v) is 3.35. The van der Waals surface area contributed by atoms with Gasteiger partial charge in [-0.05, 0) is 44.0 Å². The van der Waals surface area contributed by atoms with Crippen molar-refractivity contribution in [1.82, 2.24) is 19.6 Å². The average molecular weight is 366 g/mol. The molecule has 1 aliphatic heterocycles. The van der Waals surface area contributed by atoms with Crippen LogP contribution < -0.4 is 4.74 Å². The van der Waals surface area contributed by atoms with E-state index in [0.29, 0.717) is 24.0 Å². The number of ether oxygens (including phenoxy) is 1. The van der Waals surface area contributed by atoms with E-state index >= 15 is 0 Å². The summed E-state index contributed by atoms with van der Waals surface area (Å²) in [5.41, 5.74) is 1.83. The number of aryl methyl sites for hydroxylation is 2. The van der Waals surface area contributed by atoms with E-state index in [1.54, 1.807) is 0 Å². The summed E-state index contributed by atoms with van der Waals surface area (Å²) in [4.78, 5) is 19.1. The van der Waals surface area contributed by atoms with E-state index in [0.717, 1.165) is 18.6 Å². The van der Waals surface area contributed by atoms with Gasteiger partial charge in [0.25, 0.3) is 11.8 Å². The van der Waals surface area contributed by atoms with Crippen molar-refractivity contribution >= 4 is 5.91 Å². The Bertz CT molecular complexity index is 929. The normalized spacial score (nSPS) is 16.7. The quantitative estimate of drug-likeness (QED) is 0.693. The lowest BCUT2D eigenvalue weighted by Crippen LogP contribution is -2.32. The molecular weight excluding hydrogens is 344 g/mol. The number of carbonyl (C=O) groups is 1. The summed E-state index contributed by atoms with van der Waals surface area (Å²) in [6.07, 6.45) is 3.62. The summed E-state index contributed by atoms with van der Waals surface area (Å²) in [5.74, 6) is 1.69. The van der Waals surface area contributed by atoms with Crippen LogP contribution in [0.15, 0.2) is 47.1 Å². The summed E-state index contributed by atoms with van der Waals surface area (Å²) in [7, 11) is 1.87. The molecule has 0 spiro atoms. The van der Waals surface area contributed by atoms with Crippen molar-refractivity contribution in [3.8, 4) is 5.75 Å². The number of likely N-dealkylation sites (tertiary alicyclic amines) is 1. The van der Waals surface area contributed by atoms with Crippen LogP contribution in [-0.4, -0.2) is 32.1 Å². The van der Waals surface area contributed by atoms with E-state index in [1.807, 2.05) is 66.0 Å². The van der Waals surface area contributed by atoms with E-state index in [-0.39, 0.29) is 18.6 Å². The van der Waals surface area contributed by atoms with Gasteiger partial charge >= 0.3 is 0 Å². The molecule has 7 nitrogen and oxygen atoms in total. The van der Waals surface area contributed by atoms with Crippen LogP contribution in [0.4, 0.5) is 0 Å². The first-order chi connectivity index (χ1) is 13.1. The highest BCUT2D eigenvalue weighted by atomic mass is 16.5. The Morgan fingerprint density at radius 2 is 2.11 bits per heavy atom. The Kier molecular flexibility index (Phi) is 4.66. The third-order valence-electron chi connectivity index (χ3n) is 4.84. The van der Waals surface area contributed by atoms with E-state index in [1.165, 1.54) is 5.56 Å². The first kappa shape index (κ1) is 17.3. The monoisotopic (exact) mass is 366 g/mol. The van der Waals surface area contributed by atoms with Gasteiger partial charge < -0.3 is 18.7 Å². The largest absolute Gasteiger partial charge is 0.484 e. The van der Waals surface area contributed by atoms with Gasteiger partial charge in [0.2, 0.25) is 0 Å². The molecule has 0 bridgehead atoms. The molecule has 7 heteroatoms. The number of hydrogen-bond acceptors (Lipinski definition) is 5. The highest BCUT2D eigenvalue weighted by Gasteiger charge is 2.34. The first-order valence-corrected chi connectivity index (χ1v) is 9.06. The second-order valence-electron chi connectivity index (χ2n) is 6.81. The Balaban J connectivity index is 1.44. The predicted octanol–water partition coefficient (Wildman–Crippen LogP) is 3.27. The molecule has 1 unspecified atom stereocenters. The van der Waals surface area contributed by atoms with Crippen LogP contribution >= 0.6 is 0 Å². The average Bonchev–Trinajstić information content (AvgIpc) is 3.41. The fourth-order valence-electron chi connectivity index (χ4n) is 3.35. The molecule has 1 aromatic carbocycles. The van der Waals surface area contributed by atoms with Crippen LogP contribution in [0.5, 0.6) is 5.75 Å². The summed E-state index contributed by atoms with van der Waals surface area (Å²) >= 11 is 0. The number of hydrogen-bond donors (Lipinski definition) is 0. The second-order valence-corrected chi connectivity index (χ2v) is 6.81. The minimum Gasteiger partial charge on any atom is -0.484 e. The fraction of sp³-hybridized carbons (Fsp3) is 0.350. The molecule has 0 aliphatic carbocycles. The Labute approximate surface area is 157 Å². The van der Waals surface area contributed by atoms with Gasteiger partial charge in [0.05, 0.1) is 6.04 Å². The number of nitrogens with zero attached hydrogens (tertiary/aromatic N) is 4. The molecule has 1 amide bonds. The lowest BCUT2D eigenvalue weighted by atomic mass is 10.2. The summed E-state index contributed by atoms with van der Waals surface area (Å²) in [6, 6.07) is 11.3. The third kappa shape index (κ3) is 3.58. The number of carbonyl (C=O) groups excluding carboxylic acids is 1. The first-order valence-electron chi connectivity index (χ1n) is 9.06. The topological polar surface area (TPSA) is 73.4 Å². The minimum absolute atomic E-state index is 0.00717. The van der Waals surface area contributed by atoms with Gasteiger partial charge in [-0.3, -0.25) is 4.79 Å². The summed E-state index contributed by atoms with van der Waals surface area (Å²) in [6.45, 7) is 2.92. The Morgan fingerprint density at radius 1 is 1.30 bits per heavy atom. The lowest BCUT2D eigenvalue weighted by molar-refractivity contribution is 0.0718. The van der Waals surface area contributed by atoms with Crippen LogP contribution in [0.1, 0.15) is 46.7 Å². The zero-order chi connectivity index (χ0) is 18.8. The van der Waals surface area contributed by atoms with Crippen LogP contribution in [0.2, 0.25) is 0 Å². The van der Waals surface area contributed by atoms with Crippen molar-refractivity contribution in [2.45, 2.75) is 32.4 Å². The molecule has 0 radical (unpaired) electrons. The molecule has 4 rings (SSSR count). The van der Waals surface area contributed by atoms with Gasteiger partial charge in [0, 0.05) is 19.8 Å². The molecule has 2 aromatic heterocycles.